The molecular weight excluding hydrogens is 244 g/mol. The predicted octanol–water partition coefficient (Wildman–Crippen LogP) is 2.32. The molecule has 0 bridgehead atoms. The number of amides is 2. The van der Waals surface area contributed by atoms with E-state index in [9.17, 15) is 9.59 Å². The summed E-state index contributed by atoms with van der Waals surface area (Å²) in [5.41, 5.74) is 0. The maximum absolute atomic E-state index is 12.1. The molecule has 110 valence electrons. The van der Waals surface area contributed by atoms with Crippen LogP contribution in [0.3, 0.4) is 0 Å². The van der Waals surface area contributed by atoms with Crippen molar-refractivity contribution in [3.05, 3.63) is 0 Å². The first-order chi connectivity index (χ1) is 8.82. The number of nitrogens with one attached hydrogen (secondary N) is 1. The van der Waals surface area contributed by atoms with Crippen molar-refractivity contribution in [1.82, 2.24) is 10.2 Å². The van der Waals surface area contributed by atoms with E-state index >= 15 is 0 Å². The van der Waals surface area contributed by atoms with E-state index in [0.717, 1.165) is 19.3 Å². The van der Waals surface area contributed by atoms with Crippen molar-refractivity contribution in [2.75, 3.05) is 7.05 Å². The van der Waals surface area contributed by atoms with Gasteiger partial charge in [0, 0.05) is 13.1 Å². The Balaban J connectivity index is 2.58. The molecule has 0 aromatic carbocycles. The average Bonchev–Trinajstić information content (AvgIpc) is 2.33. The van der Waals surface area contributed by atoms with Gasteiger partial charge in [-0.2, -0.15) is 0 Å². The molecule has 2 unspecified atom stereocenters. The van der Waals surface area contributed by atoms with Crippen LogP contribution in [-0.4, -0.2) is 41.1 Å². The van der Waals surface area contributed by atoms with Crippen LogP contribution in [0.15, 0.2) is 0 Å². The predicted molar refractivity (Wildman–Crippen MR) is 74.0 cm³/mol. The summed E-state index contributed by atoms with van der Waals surface area (Å²) in [4.78, 5) is 24.9. The molecule has 1 fully saturated rings. The molecule has 0 aromatic heterocycles. The molecule has 1 saturated carbocycles. The SMILES string of the molecule is CC1CCCC(N(C)C(=O)N[C@H](C(=O)O)C(C)C)C1. The first-order valence-corrected chi connectivity index (χ1v) is 7.09. The van der Waals surface area contributed by atoms with Gasteiger partial charge < -0.3 is 15.3 Å². The number of rotatable bonds is 4. The van der Waals surface area contributed by atoms with Crippen molar-refractivity contribution >= 4 is 12.0 Å². The fourth-order valence-corrected chi connectivity index (χ4v) is 2.67. The number of nitrogens with zero attached hydrogens (tertiary/aromatic N) is 1. The van der Waals surface area contributed by atoms with Gasteiger partial charge in [-0.3, -0.25) is 0 Å². The van der Waals surface area contributed by atoms with Crippen LogP contribution in [-0.2, 0) is 4.79 Å². The van der Waals surface area contributed by atoms with E-state index in [-0.39, 0.29) is 18.0 Å². The molecule has 5 nitrogen and oxygen atoms in total. The molecule has 0 radical (unpaired) electrons. The van der Waals surface area contributed by atoms with Crippen molar-refractivity contribution in [2.24, 2.45) is 11.8 Å². The Morgan fingerprint density at radius 1 is 1.32 bits per heavy atom. The minimum Gasteiger partial charge on any atom is -0.480 e. The van der Waals surface area contributed by atoms with Gasteiger partial charge in [0.05, 0.1) is 0 Å². The van der Waals surface area contributed by atoms with Gasteiger partial charge in [0.25, 0.3) is 0 Å². The van der Waals surface area contributed by atoms with E-state index in [1.54, 1.807) is 25.8 Å². The Hall–Kier alpha value is -1.26. The normalized spacial score (nSPS) is 24.9. The monoisotopic (exact) mass is 270 g/mol. The van der Waals surface area contributed by atoms with E-state index in [4.69, 9.17) is 5.11 Å². The molecule has 3 atom stereocenters. The topological polar surface area (TPSA) is 69.6 Å². The smallest absolute Gasteiger partial charge is 0.326 e. The Kier molecular flexibility index (Phi) is 5.63. The summed E-state index contributed by atoms with van der Waals surface area (Å²) in [5.74, 6) is -0.469. The number of carboxylic acid groups (broad SMARTS) is 1. The zero-order chi connectivity index (χ0) is 14.6. The summed E-state index contributed by atoms with van der Waals surface area (Å²) in [6.45, 7) is 5.79. The standard InChI is InChI=1S/C14H26N2O3/c1-9(2)12(13(17)18)15-14(19)16(4)11-7-5-6-10(3)8-11/h9-12H,5-8H2,1-4H3,(H,15,19)(H,17,18)/t10?,11?,12-/m0/s1. The fraction of sp³-hybridized carbons (Fsp3) is 0.857. The van der Waals surface area contributed by atoms with Crippen LogP contribution in [0, 0.1) is 11.8 Å². The number of carbonyl (C=O) groups is 2. The average molecular weight is 270 g/mol. The molecule has 0 aromatic rings. The lowest BCUT2D eigenvalue weighted by Gasteiger charge is -2.35. The number of hydrogen-bond donors (Lipinski definition) is 2. The number of hydrogen-bond acceptors (Lipinski definition) is 2. The second-order valence-electron chi connectivity index (χ2n) is 6.05. The summed E-state index contributed by atoms with van der Waals surface area (Å²) < 4.78 is 0. The molecule has 2 N–H and O–H groups in total. The van der Waals surface area contributed by atoms with Crippen LogP contribution in [0.4, 0.5) is 4.79 Å². The summed E-state index contributed by atoms with van der Waals surface area (Å²) in [5, 5.41) is 11.7. The van der Waals surface area contributed by atoms with Crippen LogP contribution < -0.4 is 5.32 Å². The summed E-state index contributed by atoms with van der Waals surface area (Å²) in [6.07, 6.45) is 4.36. The lowest BCUT2D eigenvalue weighted by atomic mass is 9.86. The van der Waals surface area contributed by atoms with Crippen molar-refractivity contribution in [3.63, 3.8) is 0 Å². The van der Waals surface area contributed by atoms with E-state index in [1.807, 2.05) is 0 Å². The highest BCUT2D eigenvalue weighted by Crippen LogP contribution is 2.26. The van der Waals surface area contributed by atoms with Crippen LogP contribution in [0.1, 0.15) is 46.5 Å². The molecule has 0 aliphatic heterocycles. The van der Waals surface area contributed by atoms with Gasteiger partial charge in [-0.25, -0.2) is 9.59 Å². The largest absolute Gasteiger partial charge is 0.480 e. The van der Waals surface area contributed by atoms with Crippen LogP contribution in [0.2, 0.25) is 0 Å². The minimum atomic E-state index is -0.978. The Morgan fingerprint density at radius 3 is 2.42 bits per heavy atom. The van der Waals surface area contributed by atoms with E-state index in [0.29, 0.717) is 5.92 Å². The van der Waals surface area contributed by atoms with Gasteiger partial charge in [-0.05, 0) is 24.7 Å². The maximum atomic E-state index is 12.1. The summed E-state index contributed by atoms with van der Waals surface area (Å²) >= 11 is 0. The molecule has 0 saturated heterocycles. The highest BCUT2D eigenvalue weighted by Gasteiger charge is 2.29. The highest BCUT2D eigenvalue weighted by atomic mass is 16.4. The second kappa shape index (κ2) is 6.78. The Labute approximate surface area is 115 Å². The minimum absolute atomic E-state index is 0.125. The van der Waals surface area contributed by atoms with Gasteiger partial charge in [0.1, 0.15) is 6.04 Å². The Morgan fingerprint density at radius 2 is 1.95 bits per heavy atom. The molecule has 1 aliphatic rings. The Bertz CT molecular complexity index is 331. The molecule has 5 heteroatoms. The highest BCUT2D eigenvalue weighted by molar-refractivity contribution is 5.82. The quantitative estimate of drug-likeness (QED) is 0.823. The molecule has 0 heterocycles. The number of carbonyl (C=O) groups excluding carboxylic acids is 1. The zero-order valence-electron chi connectivity index (χ0n) is 12.3. The van der Waals surface area contributed by atoms with Crippen LogP contribution in [0.25, 0.3) is 0 Å². The molecule has 1 aliphatic carbocycles. The van der Waals surface area contributed by atoms with Gasteiger partial charge in [-0.15, -0.1) is 0 Å². The first kappa shape index (κ1) is 15.8. The maximum Gasteiger partial charge on any atom is 0.326 e. The molecular formula is C14H26N2O3. The third-order valence-corrected chi connectivity index (χ3v) is 3.99. The van der Waals surface area contributed by atoms with Gasteiger partial charge in [0.2, 0.25) is 0 Å². The number of carboxylic acids is 1. The van der Waals surface area contributed by atoms with Gasteiger partial charge in [0.15, 0.2) is 0 Å². The second-order valence-corrected chi connectivity index (χ2v) is 6.05. The van der Waals surface area contributed by atoms with Crippen LogP contribution in [0.5, 0.6) is 0 Å². The molecule has 0 spiro atoms. The van der Waals surface area contributed by atoms with E-state index in [2.05, 4.69) is 12.2 Å². The van der Waals surface area contributed by atoms with Crippen molar-refractivity contribution in [2.45, 2.75) is 58.5 Å². The van der Waals surface area contributed by atoms with Crippen molar-refractivity contribution in [3.8, 4) is 0 Å². The summed E-state index contributed by atoms with van der Waals surface area (Å²) in [6, 6.07) is -0.874. The molecule has 19 heavy (non-hydrogen) atoms. The lowest BCUT2D eigenvalue weighted by Crippen LogP contribution is -2.52. The van der Waals surface area contributed by atoms with Gasteiger partial charge in [-0.1, -0.05) is 33.6 Å². The van der Waals surface area contributed by atoms with Gasteiger partial charge >= 0.3 is 12.0 Å². The fourth-order valence-electron chi connectivity index (χ4n) is 2.67. The number of urea groups is 1. The molecule has 2 amide bonds. The zero-order valence-corrected chi connectivity index (χ0v) is 12.3. The van der Waals surface area contributed by atoms with Crippen molar-refractivity contribution in [1.29, 1.82) is 0 Å². The third kappa shape index (κ3) is 4.40. The van der Waals surface area contributed by atoms with E-state index < -0.39 is 12.0 Å². The van der Waals surface area contributed by atoms with Crippen LogP contribution >= 0.6 is 0 Å². The summed E-state index contributed by atoms with van der Waals surface area (Å²) in [7, 11) is 1.76. The third-order valence-electron chi connectivity index (χ3n) is 3.99. The molecule has 1 rings (SSSR count). The van der Waals surface area contributed by atoms with E-state index in [1.165, 1.54) is 6.42 Å². The lowest BCUT2D eigenvalue weighted by molar-refractivity contribution is -0.140. The first-order valence-electron chi connectivity index (χ1n) is 7.09. The number of aliphatic carboxylic acids is 1. The van der Waals surface area contributed by atoms with Crippen molar-refractivity contribution < 1.29 is 14.7 Å².